The average molecular weight is 1100 g/mol. The monoisotopic (exact) mass is 1100 g/mol. The molecule has 7 N–H and O–H groups in total. The van der Waals surface area contributed by atoms with Gasteiger partial charge in [-0.1, -0.05) is 78.8 Å². The number of Topliss-reactive ketones (excluding diaryl/α,β-unsaturated/α-hetero) is 1. The number of aliphatic hydroxyl groups is 3. The highest BCUT2D eigenvalue weighted by Crippen LogP contribution is 2.68. The van der Waals surface area contributed by atoms with E-state index in [2.05, 4.69) is 38.9 Å². The summed E-state index contributed by atoms with van der Waals surface area (Å²) < 4.78 is 17.7. The number of hydrogen-bond donors (Lipinski definition) is 7. The number of anilines is 1. The number of likely N-dealkylation sites (N-methyl/N-ethyl adjacent to an activating group) is 1. The summed E-state index contributed by atoms with van der Waals surface area (Å²) in [5.41, 5.74) is 3.66. The molecule has 0 aromatic heterocycles. The highest BCUT2D eigenvalue weighted by Gasteiger charge is 2.79. The van der Waals surface area contributed by atoms with E-state index in [-0.39, 0.29) is 30.5 Å². The van der Waals surface area contributed by atoms with Gasteiger partial charge in [0, 0.05) is 91.3 Å². The Morgan fingerprint density at radius 3 is 2.40 bits per heavy atom. The normalized spacial score (nSPS) is 32.4. The second-order valence-corrected chi connectivity index (χ2v) is 25.0. The van der Waals surface area contributed by atoms with E-state index >= 15 is 9.59 Å². The van der Waals surface area contributed by atoms with Crippen molar-refractivity contribution in [2.24, 2.45) is 23.2 Å². The molecule has 1 saturated carbocycles. The van der Waals surface area contributed by atoms with Crippen LogP contribution in [0.1, 0.15) is 94.4 Å². The summed E-state index contributed by atoms with van der Waals surface area (Å²) in [6.07, 6.45) is 3.71. The third kappa shape index (κ3) is 9.41. The summed E-state index contributed by atoms with van der Waals surface area (Å²) in [7, 11) is 7.12. The molecule has 3 fully saturated rings. The molecule has 5 heterocycles. The zero-order valence-electron chi connectivity index (χ0n) is 44.7. The smallest absolute Gasteiger partial charge is 0.426 e. The van der Waals surface area contributed by atoms with Crippen LogP contribution in [0, 0.1) is 23.2 Å². The fraction of sp³-hybridized carbons (Fsp3) is 0.607. The summed E-state index contributed by atoms with van der Waals surface area (Å²) >= 11 is 0. The Morgan fingerprint density at radius 2 is 1.70 bits per heavy atom. The predicted octanol–water partition coefficient (Wildman–Crippen LogP) is 4.48. The van der Waals surface area contributed by atoms with E-state index in [1.807, 2.05) is 49.1 Å². The number of methoxy groups -OCH3 is 2. The zero-order chi connectivity index (χ0) is 55.4. The molecule has 77 heavy (non-hydrogen) atoms. The molecular formula is C56H73N5O14S2. The maximum absolute atomic E-state index is 15.5. The van der Waals surface area contributed by atoms with Crippen LogP contribution < -0.4 is 20.5 Å². The SMILES string of the molecule is CC[C@]1(O)CC2CN(CCC3=C(Cc4ccccc43)[C@@](C(=O)OC)(c3cc4c(cc3OC)N(C)[C@H]3[C@@](O)(C(=O)NNC(=O)OCCSSC[C@H](CC(=O)[C@@H](C)CC(=O)O)C(=O)O)[C@H](O)[C@]5(CC)C=CCN6CC[C@]43[C@@H]65)C2)C1. The fourth-order valence-electron chi connectivity index (χ4n) is 15.0. The molecule has 0 radical (unpaired) electrons. The van der Waals surface area contributed by atoms with E-state index in [1.165, 1.54) is 24.8 Å². The van der Waals surface area contributed by atoms with Gasteiger partial charge in [-0.05, 0) is 91.3 Å². The number of carboxylic acids is 2. The quantitative estimate of drug-likeness (QED) is 0.0357. The molecule has 2 unspecified atom stereocenters. The fourth-order valence-corrected chi connectivity index (χ4v) is 17.2. The minimum Gasteiger partial charge on any atom is -0.496 e. The number of nitrogens with one attached hydrogen (secondary N) is 2. The predicted molar refractivity (Wildman–Crippen MR) is 289 cm³/mol. The van der Waals surface area contributed by atoms with Crippen LogP contribution in [0.4, 0.5) is 10.5 Å². The van der Waals surface area contributed by atoms with Crippen molar-refractivity contribution >= 4 is 68.5 Å². The Hall–Kier alpha value is -5.16. The number of ether oxygens (including phenoxy) is 3. The number of esters is 1. The van der Waals surface area contributed by atoms with Gasteiger partial charge in [0.2, 0.25) is 0 Å². The minimum atomic E-state index is -2.59. The van der Waals surface area contributed by atoms with Crippen LogP contribution >= 0.6 is 21.6 Å². The average Bonchev–Trinajstić information content (AvgIpc) is 4.23. The van der Waals surface area contributed by atoms with Gasteiger partial charge in [0.25, 0.3) is 5.91 Å². The number of fused-ring (bicyclic) bond motifs is 5. The van der Waals surface area contributed by atoms with Gasteiger partial charge >= 0.3 is 24.0 Å². The maximum atomic E-state index is 15.5. The van der Waals surface area contributed by atoms with Crippen molar-refractivity contribution in [2.45, 2.75) is 119 Å². The molecule has 7 aliphatic rings. The lowest BCUT2D eigenvalue weighted by Crippen LogP contribution is -2.82. The van der Waals surface area contributed by atoms with Crippen LogP contribution in [0.3, 0.4) is 0 Å². The number of aliphatic hydroxyl groups excluding tert-OH is 1. The molecule has 5 aliphatic heterocycles. The number of benzene rings is 2. The van der Waals surface area contributed by atoms with Crippen molar-refractivity contribution in [3.05, 3.63) is 76.4 Å². The van der Waals surface area contributed by atoms with Gasteiger partial charge in [0.15, 0.2) is 5.60 Å². The number of aliphatic carboxylic acids is 2. The number of rotatable bonds is 18. The van der Waals surface area contributed by atoms with E-state index < -0.39 is 99.6 Å². The van der Waals surface area contributed by atoms with Gasteiger partial charge in [-0.25, -0.2) is 10.2 Å². The first kappa shape index (κ1) is 56.6. The topological polar surface area (TPSA) is 265 Å². The lowest BCUT2D eigenvalue weighted by atomic mass is 9.47. The Bertz CT molecular complexity index is 2760. The van der Waals surface area contributed by atoms with E-state index in [0.717, 1.165) is 38.6 Å². The molecule has 1 spiro atoms. The van der Waals surface area contributed by atoms with Crippen LogP contribution in [0.25, 0.3) is 5.57 Å². The van der Waals surface area contributed by atoms with Crippen molar-refractivity contribution in [3.63, 3.8) is 0 Å². The lowest BCUT2D eigenvalue weighted by Gasteiger charge is -2.63. The number of ketones is 1. The summed E-state index contributed by atoms with van der Waals surface area (Å²) in [5, 5.41) is 57.2. The molecule has 2 saturated heterocycles. The summed E-state index contributed by atoms with van der Waals surface area (Å²) in [4.78, 5) is 85.6. The van der Waals surface area contributed by atoms with E-state index in [4.69, 9.17) is 19.3 Å². The highest BCUT2D eigenvalue weighted by molar-refractivity contribution is 8.76. The van der Waals surface area contributed by atoms with Crippen molar-refractivity contribution in [1.29, 1.82) is 0 Å². The zero-order valence-corrected chi connectivity index (χ0v) is 46.3. The number of amides is 2. The van der Waals surface area contributed by atoms with Crippen molar-refractivity contribution < 1.29 is 68.5 Å². The third-order valence-electron chi connectivity index (χ3n) is 18.4. The number of carbonyl (C=O) groups excluding carboxylic acids is 4. The summed E-state index contributed by atoms with van der Waals surface area (Å²) in [6, 6.07) is 10.7. The molecule has 2 bridgehead atoms. The maximum Gasteiger partial charge on any atom is 0.426 e. The van der Waals surface area contributed by atoms with Crippen molar-refractivity contribution in [1.82, 2.24) is 20.7 Å². The second kappa shape index (κ2) is 21.8. The Kier molecular flexibility index (Phi) is 16.0. The van der Waals surface area contributed by atoms with E-state index in [1.54, 1.807) is 14.2 Å². The molecule has 2 aromatic carbocycles. The van der Waals surface area contributed by atoms with Crippen LogP contribution in [-0.4, -0.2) is 173 Å². The van der Waals surface area contributed by atoms with Gasteiger partial charge in [0.1, 0.15) is 29.7 Å². The molecule has 21 heteroatoms. The molecule has 418 valence electrons. The Balaban J connectivity index is 1.04. The highest BCUT2D eigenvalue weighted by atomic mass is 33.1. The largest absolute Gasteiger partial charge is 0.496 e. The number of carbonyl (C=O) groups is 6. The Labute approximate surface area is 456 Å². The molecule has 12 atom stereocenters. The summed E-state index contributed by atoms with van der Waals surface area (Å²) in [5.74, 6) is -5.66. The molecule has 19 nitrogen and oxygen atoms in total. The molecule has 2 aliphatic carbocycles. The van der Waals surface area contributed by atoms with Crippen molar-refractivity contribution in [3.8, 4) is 5.75 Å². The Morgan fingerprint density at radius 1 is 0.935 bits per heavy atom. The second-order valence-electron chi connectivity index (χ2n) is 22.4. The number of hydrogen-bond acceptors (Lipinski definition) is 17. The first-order chi connectivity index (χ1) is 36.7. The standard InChI is InChI=1S/C56H73N5O14S2/c1-7-52(71)27-33-28-55(50(69)74-6,38-23-34-12-9-10-13-36(34)37(38)14-18-60(29-33)31-52)40-25-39-41(26-43(40)73-5)59(4)47-54(39)16-19-61-17-11-15-53(8-2,46(54)61)48(67)56(47,72)49(68)57-58-51(70)75-20-21-76-77-30-35(45(65)66)24-42(62)32(3)22-44(63)64/h9-13,15,25-26,32-33,35,46-48,67,71-72H,7-8,14,16-24,27-31H2,1-6H3,(H,57,68)(H,58,70)(H,63,64)(H,65,66)/t32-,33?,35-,46-,47+,48+,52-,53+,54+,55+,56-/m0/s1. The van der Waals surface area contributed by atoms with Crippen LogP contribution in [-0.2, 0) is 50.7 Å². The minimum absolute atomic E-state index is 0.0420. The van der Waals surface area contributed by atoms with Crippen LogP contribution in [0.2, 0.25) is 0 Å². The lowest BCUT2D eigenvalue weighted by molar-refractivity contribution is -0.204. The van der Waals surface area contributed by atoms with Crippen LogP contribution in [0.15, 0.2) is 54.1 Å². The van der Waals surface area contributed by atoms with E-state index in [0.29, 0.717) is 94.7 Å². The van der Waals surface area contributed by atoms with Gasteiger partial charge < -0.3 is 44.6 Å². The first-order valence-electron chi connectivity index (χ1n) is 26.8. The van der Waals surface area contributed by atoms with Gasteiger partial charge in [0.05, 0.1) is 38.2 Å². The third-order valence-corrected chi connectivity index (χ3v) is 20.9. The van der Waals surface area contributed by atoms with Crippen LogP contribution in [0.5, 0.6) is 5.75 Å². The molecule has 2 amide bonds. The van der Waals surface area contributed by atoms with E-state index in [9.17, 15) is 39.6 Å². The number of hydrazine groups is 1. The summed E-state index contributed by atoms with van der Waals surface area (Å²) in [6.45, 7) is 8.24. The number of nitrogens with zero attached hydrogens (tertiary/aromatic N) is 3. The van der Waals surface area contributed by atoms with Gasteiger partial charge in [-0.15, -0.1) is 0 Å². The number of carboxylic acid groups (broad SMARTS) is 2. The van der Waals surface area contributed by atoms with Gasteiger partial charge in [-0.2, -0.15) is 0 Å². The molecule has 2 aromatic rings. The van der Waals surface area contributed by atoms with Gasteiger partial charge in [-0.3, -0.25) is 39.2 Å². The molecule has 9 rings (SSSR count). The first-order valence-corrected chi connectivity index (χ1v) is 29.2. The van der Waals surface area contributed by atoms with Crippen molar-refractivity contribution in [2.75, 3.05) is 77.0 Å². The molecular weight excluding hydrogens is 1030 g/mol. The number of piperidine rings is 1.